The van der Waals surface area contributed by atoms with E-state index < -0.39 is 15.8 Å². The van der Waals surface area contributed by atoms with Gasteiger partial charge in [-0.2, -0.15) is 0 Å². The molecule has 0 aromatic rings. The minimum atomic E-state index is -3.03. The molecule has 0 aliphatic carbocycles. The number of nitrogens with zero attached hydrogens (tertiary/aromatic N) is 1. The second-order valence-corrected chi connectivity index (χ2v) is 6.49. The number of aliphatic carboxylic acids is 1. The molecule has 1 aliphatic heterocycles. The summed E-state index contributed by atoms with van der Waals surface area (Å²) in [6, 6.07) is -0.246. The third-order valence-electron chi connectivity index (χ3n) is 2.82. The van der Waals surface area contributed by atoms with Crippen LogP contribution < -0.4 is 0 Å². The molecule has 0 aromatic carbocycles. The highest BCUT2D eigenvalue weighted by Crippen LogP contribution is 2.17. The van der Waals surface area contributed by atoms with Crippen molar-refractivity contribution in [2.75, 3.05) is 44.4 Å². The number of rotatable bonds is 8. The van der Waals surface area contributed by atoms with Crippen LogP contribution in [-0.4, -0.2) is 80.0 Å². The van der Waals surface area contributed by atoms with Gasteiger partial charge in [0.25, 0.3) is 0 Å². The maximum atomic E-state index is 11.4. The highest BCUT2D eigenvalue weighted by atomic mass is 32.2. The minimum absolute atomic E-state index is 0.0142. The van der Waals surface area contributed by atoms with Gasteiger partial charge in [-0.05, 0) is 6.42 Å². The Bertz CT molecular complexity index is 369. The van der Waals surface area contributed by atoms with Crippen LogP contribution in [0.2, 0.25) is 0 Å². The zero-order valence-electron chi connectivity index (χ0n) is 10.1. The van der Waals surface area contributed by atoms with Crippen molar-refractivity contribution >= 4 is 15.8 Å². The van der Waals surface area contributed by atoms with Gasteiger partial charge in [-0.15, -0.1) is 0 Å². The first-order valence-corrected chi connectivity index (χ1v) is 7.61. The van der Waals surface area contributed by atoms with E-state index in [9.17, 15) is 13.2 Å². The van der Waals surface area contributed by atoms with E-state index in [0.29, 0.717) is 13.0 Å². The summed E-state index contributed by atoms with van der Waals surface area (Å²) in [5.41, 5.74) is 0. The van der Waals surface area contributed by atoms with Gasteiger partial charge in [-0.25, -0.2) is 8.42 Å². The quantitative estimate of drug-likeness (QED) is 0.525. The lowest BCUT2D eigenvalue weighted by Crippen LogP contribution is -2.42. The Hall–Kier alpha value is -0.700. The smallest absolute Gasteiger partial charge is 0.317 e. The van der Waals surface area contributed by atoms with Crippen LogP contribution in [0.3, 0.4) is 0 Å². The second kappa shape index (κ2) is 7.03. The summed E-state index contributed by atoms with van der Waals surface area (Å²) in [5, 5.41) is 17.4. The topological polar surface area (TPSA) is 104 Å². The summed E-state index contributed by atoms with van der Waals surface area (Å²) in [6.45, 7) is 0.556. The van der Waals surface area contributed by atoms with E-state index in [0.717, 1.165) is 0 Å². The van der Waals surface area contributed by atoms with Crippen molar-refractivity contribution in [3.63, 3.8) is 0 Å². The molecule has 1 fully saturated rings. The molecule has 1 heterocycles. The zero-order valence-corrected chi connectivity index (χ0v) is 10.9. The second-order valence-electron chi connectivity index (χ2n) is 4.26. The average molecular weight is 281 g/mol. The van der Waals surface area contributed by atoms with Gasteiger partial charge >= 0.3 is 5.97 Å². The Morgan fingerprint density at radius 1 is 1.39 bits per heavy atom. The lowest BCUT2D eigenvalue weighted by molar-refractivity contribution is -0.139. The average Bonchev–Trinajstić information content (AvgIpc) is 2.63. The molecule has 0 aromatic heterocycles. The van der Waals surface area contributed by atoms with Crippen LogP contribution >= 0.6 is 0 Å². The van der Waals surface area contributed by atoms with Crippen LogP contribution in [0.5, 0.6) is 0 Å². The SMILES string of the molecule is O=C(O)CN(CCOCCO)C1CCS(=O)(=O)C1. The standard InChI is InChI=1S/C10H19NO6S/c12-3-5-17-4-2-11(7-10(13)14)9-1-6-18(15,16)8-9/h9,12H,1-8H2,(H,13,14). The molecule has 1 aliphatic rings. The predicted molar refractivity (Wildman–Crippen MR) is 64.2 cm³/mol. The monoisotopic (exact) mass is 281 g/mol. The number of carboxylic acid groups (broad SMARTS) is 1. The summed E-state index contributed by atoms with van der Waals surface area (Å²) in [5.74, 6) is -0.854. The lowest BCUT2D eigenvalue weighted by Gasteiger charge is -2.25. The van der Waals surface area contributed by atoms with Crippen molar-refractivity contribution in [3.05, 3.63) is 0 Å². The molecule has 18 heavy (non-hydrogen) atoms. The van der Waals surface area contributed by atoms with Crippen molar-refractivity contribution in [2.24, 2.45) is 0 Å². The fraction of sp³-hybridized carbons (Fsp3) is 0.900. The van der Waals surface area contributed by atoms with Gasteiger partial charge in [0.2, 0.25) is 0 Å². The van der Waals surface area contributed by atoms with Crippen LogP contribution in [0.4, 0.5) is 0 Å². The first-order chi connectivity index (χ1) is 8.44. The van der Waals surface area contributed by atoms with Gasteiger partial charge in [0, 0.05) is 12.6 Å². The van der Waals surface area contributed by atoms with E-state index in [1.54, 1.807) is 4.90 Å². The molecular weight excluding hydrogens is 262 g/mol. The van der Waals surface area contributed by atoms with Crippen molar-refractivity contribution < 1.29 is 28.2 Å². The molecule has 0 saturated carbocycles. The van der Waals surface area contributed by atoms with Crippen molar-refractivity contribution in [1.82, 2.24) is 4.90 Å². The Kier molecular flexibility index (Phi) is 6.00. The number of ether oxygens (including phenoxy) is 1. The Morgan fingerprint density at radius 2 is 2.11 bits per heavy atom. The highest BCUT2D eigenvalue weighted by Gasteiger charge is 2.32. The van der Waals surface area contributed by atoms with Gasteiger partial charge in [-0.1, -0.05) is 0 Å². The molecule has 1 unspecified atom stereocenters. The van der Waals surface area contributed by atoms with Gasteiger partial charge in [-0.3, -0.25) is 9.69 Å². The Labute approximate surface area is 106 Å². The third-order valence-corrected chi connectivity index (χ3v) is 4.57. The highest BCUT2D eigenvalue weighted by molar-refractivity contribution is 7.91. The van der Waals surface area contributed by atoms with Crippen LogP contribution in [0.1, 0.15) is 6.42 Å². The number of hydrogen-bond acceptors (Lipinski definition) is 6. The first-order valence-electron chi connectivity index (χ1n) is 5.79. The summed E-state index contributed by atoms with van der Waals surface area (Å²) in [4.78, 5) is 12.4. The molecule has 106 valence electrons. The maximum absolute atomic E-state index is 11.4. The molecule has 8 heteroatoms. The molecular formula is C10H19NO6S. The number of sulfone groups is 1. The summed E-state index contributed by atoms with van der Waals surface area (Å²) in [7, 11) is -3.03. The van der Waals surface area contributed by atoms with E-state index in [-0.39, 0.29) is 43.9 Å². The molecule has 1 saturated heterocycles. The minimum Gasteiger partial charge on any atom is -0.480 e. The van der Waals surface area contributed by atoms with Crippen LogP contribution in [0, 0.1) is 0 Å². The fourth-order valence-corrected chi connectivity index (χ4v) is 3.74. The van der Waals surface area contributed by atoms with E-state index in [4.69, 9.17) is 14.9 Å². The van der Waals surface area contributed by atoms with Gasteiger partial charge < -0.3 is 14.9 Å². The fourth-order valence-electron chi connectivity index (χ4n) is 1.98. The number of aliphatic hydroxyl groups excluding tert-OH is 1. The molecule has 2 N–H and O–H groups in total. The van der Waals surface area contributed by atoms with Crippen LogP contribution in [0.15, 0.2) is 0 Å². The Balaban J connectivity index is 2.48. The van der Waals surface area contributed by atoms with Crippen molar-refractivity contribution in [2.45, 2.75) is 12.5 Å². The van der Waals surface area contributed by atoms with Gasteiger partial charge in [0.15, 0.2) is 9.84 Å². The molecule has 7 nitrogen and oxygen atoms in total. The molecule has 1 atom stereocenters. The normalized spacial score (nSPS) is 22.4. The molecule has 0 spiro atoms. The van der Waals surface area contributed by atoms with Gasteiger partial charge in [0.1, 0.15) is 0 Å². The van der Waals surface area contributed by atoms with E-state index in [1.165, 1.54) is 0 Å². The molecule has 1 rings (SSSR count). The van der Waals surface area contributed by atoms with E-state index in [1.807, 2.05) is 0 Å². The number of aliphatic hydroxyl groups is 1. The first kappa shape index (κ1) is 15.4. The summed E-state index contributed by atoms with van der Waals surface area (Å²) >= 11 is 0. The molecule has 0 amide bonds. The van der Waals surface area contributed by atoms with E-state index in [2.05, 4.69) is 0 Å². The predicted octanol–water partition coefficient (Wildman–Crippen LogP) is -1.43. The van der Waals surface area contributed by atoms with Crippen LogP contribution in [-0.2, 0) is 19.4 Å². The summed E-state index contributed by atoms with van der Waals surface area (Å²) < 4.78 is 27.8. The number of carboxylic acids is 1. The third kappa shape index (κ3) is 5.30. The van der Waals surface area contributed by atoms with Crippen molar-refractivity contribution in [1.29, 1.82) is 0 Å². The van der Waals surface area contributed by atoms with Crippen LogP contribution in [0.25, 0.3) is 0 Å². The molecule has 0 bridgehead atoms. The van der Waals surface area contributed by atoms with Gasteiger partial charge in [0.05, 0.1) is 37.9 Å². The summed E-state index contributed by atoms with van der Waals surface area (Å²) in [6.07, 6.45) is 0.468. The molecule has 0 radical (unpaired) electrons. The lowest BCUT2D eigenvalue weighted by atomic mass is 10.2. The van der Waals surface area contributed by atoms with E-state index >= 15 is 0 Å². The number of carbonyl (C=O) groups is 1. The number of hydrogen-bond donors (Lipinski definition) is 2. The maximum Gasteiger partial charge on any atom is 0.317 e. The Morgan fingerprint density at radius 3 is 2.61 bits per heavy atom. The zero-order chi connectivity index (χ0) is 13.6. The largest absolute Gasteiger partial charge is 0.480 e. The van der Waals surface area contributed by atoms with Crippen molar-refractivity contribution in [3.8, 4) is 0 Å².